The van der Waals surface area contributed by atoms with Crippen LogP contribution in [0.5, 0.6) is 0 Å². The van der Waals surface area contributed by atoms with E-state index in [1.165, 1.54) is 23.7 Å². The van der Waals surface area contributed by atoms with Crippen LogP contribution < -0.4 is 5.32 Å². The molecule has 0 aliphatic carbocycles. The van der Waals surface area contributed by atoms with Gasteiger partial charge in [0.15, 0.2) is 0 Å². The van der Waals surface area contributed by atoms with Gasteiger partial charge < -0.3 is 5.32 Å². The lowest BCUT2D eigenvalue weighted by Crippen LogP contribution is -2.22. The van der Waals surface area contributed by atoms with Gasteiger partial charge in [0.05, 0.1) is 17.6 Å². The molecule has 0 saturated heterocycles. The van der Waals surface area contributed by atoms with Crippen molar-refractivity contribution in [1.29, 1.82) is 0 Å². The Bertz CT molecular complexity index is 901. The highest BCUT2D eigenvalue weighted by molar-refractivity contribution is 7.10. The van der Waals surface area contributed by atoms with Crippen molar-refractivity contribution in [2.45, 2.75) is 19.3 Å². The zero-order chi connectivity index (χ0) is 16.0. The second-order valence-electron chi connectivity index (χ2n) is 5.53. The number of rotatable bonds is 2. The van der Waals surface area contributed by atoms with Crippen molar-refractivity contribution in [1.82, 2.24) is 14.6 Å². The van der Waals surface area contributed by atoms with Gasteiger partial charge in [-0.2, -0.15) is 9.47 Å². The normalized spacial score (nSPS) is 17.0. The average Bonchev–Trinajstić information content (AvgIpc) is 3.14. The summed E-state index contributed by atoms with van der Waals surface area (Å²) < 4.78 is 17.9. The number of H-pyrrole nitrogens is 1. The SMILES string of the molecule is Cc1nsc2c1[C@@H](c1cn[nH]c1-c1cccc(F)c1)CC(=O)N2. The molecular formula is C16H13FN4OS. The molecule has 23 heavy (non-hydrogen) atoms. The molecule has 2 aromatic heterocycles. The van der Waals surface area contributed by atoms with Crippen molar-refractivity contribution < 1.29 is 9.18 Å². The molecule has 3 aromatic rings. The maximum atomic E-state index is 13.5. The van der Waals surface area contributed by atoms with E-state index < -0.39 is 0 Å². The fourth-order valence-electron chi connectivity index (χ4n) is 3.04. The molecule has 7 heteroatoms. The van der Waals surface area contributed by atoms with Crippen molar-refractivity contribution in [3.63, 3.8) is 0 Å². The molecule has 0 bridgehead atoms. The number of halogens is 1. The van der Waals surface area contributed by atoms with E-state index in [4.69, 9.17) is 0 Å². The van der Waals surface area contributed by atoms with Crippen molar-refractivity contribution in [3.05, 3.63) is 53.1 Å². The molecule has 0 radical (unpaired) electrons. The third-order valence-corrected chi connectivity index (χ3v) is 4.93. The Kier molecular flexibility index (Phi) is 3.23. The fourth-order valence-corrected chi connectivity index (χ4v) is 3.92. The Balaban J connectivity index is 1.85. The molecule has 5 nitrogen and oxygen atoms in total. The number of benzene rings is 1. The highest BCUT2D eigenvalue weighted by Crippen LogP contribution is 2.43. The standard InChI is InChI=1S/C16H13FN4OS/c1-8-14-11(6-13(22)19-16(14)23-21-8)12-7-18-20-15(12)9-3-2-4-10(17)5-9/h2-5,7,11H,6H2,1H3,(H,18,20)(H,19,22)/t11-/m1/s1. The first kappa shape index (κ1) is 14.1. The van der Waals surface area contributed by atoms with Gasteiger partial charge in [-0.15, -0.1) is 0 Å². The molecule has 1 aliphatic heterocycles. The van der Waals surface area contributed by atoms with Crippen molar-refractivity contribution >= 4 is 22.4 Å². The van der Waals surface area contributed by atoms with E-state index in [9.17, 15) is 9.18 Å². The number of hydrogen-bond acceptors (Lipinski definition) is 4. The number of nitrogens with one attached hydrogen (secondary N) is 2. The molecule has 1 amide bonds. The van der Waals surface area contributed by atoms with Crippen LogP contribution in [-0.2, 0) is 4.79 Å². The Labute approximate surface area is 135 Å². The van der Waals surface area contributed by atoms with Crippen molar-refractivity contribution in [3.8, 4) is 11.3 Å². The number of carbonyl (C=O) groups is 1. The maximum absolute atomic E-state index is 13.5. The highest BCUT2D eigenvalue weighted by Gasteiger charge is 2.32. The number of anilines is 1. The highest BCUT2D eigenvalue weighted by atomic mass is 32.1. The number of hydrogen-bond donors (Lipinski definition) is 2. The van der Waals surface area contributed by atoms with Crippen LogP contribution in [-0.4, -0.2) is 20.5 Å². The summed E-state index contributed by atoms with van der Waals surface area (Å²) in [5, 5.41) is 10.7. The molecule has 1 aliphatic rings. The van der Waals surface area contributed by atoms with Crippen LogP contribution >= 0.6 is 11.5 Å². The monoisotopic (exact) mass is 328 g/mol. The first-order valence-corrected chi connectivity index (χ1v) is 7.96. The summed E-state index contributed by atoms with van der Waals surface area (Å²) in [6.07, 6.45) is 2.04. The first-order chi connectivity index (χ1) is 11.1. The molecule has 0 unspecified atom stereocenters. The Morgan fingerprint density at radius 2 is 2.26 bits per heavy atom. The molecule has 0 saturated carbocycles. The van der Waals surface area contributed by atoms with E-state index in [0.717, 1.165) is 27.5 Å². The van der Waals surface area contributed by atoms with Gasteiger partial charge in [0, 0.05) is 29.0 Å². The summed E-state index contributed by atoms with van der Waals surface area (Å²) in [6.45, 7) is 1.93. The van der Waals surface area contributed by atoms with E-state index in [1.54, 1.807) is 12.3 Å². The smallest absolute Gasteiger partial charge is 0.225 e. The lowest BCUT2D eigenvalue weighted by atomic mass is 9.85. The van der Waals surface area contributed by atoms with Gasteiger partial charge in [0.1, 0.15) is 10.8 Å². The molecular weight excluding hydrogens is 315 g/mol. The summed E-state index contributed by atoms with van der Waals surface area (Å²) in [7, 11) is 0. The minimum Gasteiger partial charge on any atom is -0.316 e. The van der Waals surface area contributed by atoms with Gasteiger partial charge in [-0.3, -0.25) is 9.89 Å². The Hall–Kier alpha value is -2.54. The minimum atomic E-state index is -0.307. The average molecular weight is 328 g/mol. The lowest BCUT2D eigenvalue weighted by molar-refractivity contribution is -0.116. The van der Waals surface area contributed by atoms with E-state index in [2.05, 4.69) is 19.9 Å². The molecule has 2 N–H and O–H groups in total. The Morgan fingerprint density at radius 3 is 3.09 bits per heavy atom. The van der Waals surface area contributed by atoms with Gasteiger partial charge in [-0.1, -0.05) is 12.1 Å². The number of fused-ring (bicyclic) bond motifs is 1. The molecule has 1 aromatic carbocycles. The van der Waals surface area contributed by atoms with Gasteiger partial charge >= 0.3 is 0 Å². The third-order valence-electron chi connectivity index (χ3n) is 4.06. The van der Waals surface area contributed by atoms with Crippen LogP contribution in [0.2, 0.25) is 0 Å². The minimum absolute atomic E-state index is 0.0439. The molecule has 3 heterocycles. The largest absolute Gasteiger partial charge is 0.316 e. The van der Waals surface area contributed by atoms with Crippen molar-refractivity contribution in [2.24, 2.45) is 0 Å². The number of amides is 1. The number of nitrogens with zero attached hydrogens (tertiary/aromatic N) is 2. The number of aromatic amines is 1. The maximum Gasteiger partial charge on any atom is 0.225 e. The summed E-state index contributed by atoms with van der Waals surface area (Å²) >= 11 is 1.29. The molecule has 4 rings (SSSR count). The van der Waals surface area contributed by atoms with Crippen LogP contribution in [0.15, 0.2) is 30.5 Å². The van der Waals surface area contributed by atoms with Crippen LogP contribution in [0.25, 0.3) is 11.3 Å². The van der Waals surface area contributed by atoms with E-state index >= 15 is 0 Å². The molecule has 0 spiro atoms. The zero-order valence-corrected chi connectivity index (χ0v) is 13.1. The van der Waals surface area contributed by atoms with Crippen LogP contribution in [0, 0.1) is 12.7 Å². The fraction of sp³-hybridized carbons (Fsp3) is 0.188. The van der Waals surface area contributed by atoms with Gasteiger partial charge in [0.25, 0.3) is 0 Å². The quantitative estimate of drug-likeness (QED) is 0.757. The zero-order valence-electron chi connectivity index (χ0n) is 12.3. The van der Waals surface area contributed by atoms with E-state index in [0.29, 0.717) is 12.0 Å². The third kappa shape index (κ3) is 2.33. The van der Waals surface area contributed by atoms with E-state index in [-0.39, 0.29) is 17.6 Å². The van der Waals surface area contributed by atoms with Gasteiger partial charge in [-0.25, -0.2) is 4.39 Å². The number of aryl methyl sites for hydroxylation is 1. The molecule has 0 fully saturated rings. The topological polar surface area (TPSA) is 70.7 Å². The van der Waals surface area contributed by atoms with Crippen LogP contribution in [0.1, 0.15) is 29.2 Å². The summed E-state index contributed by atoms with van der Waals surface area (Å²) in [4.78, 5) is 12.0. The van der Waals surface area contributed by atoms with Crippen LogP contribution in [0.4, 0.5) is 9.39 Å². The summed E-state index contributed by atoms with van der Waals surface area (Å²) in [6, 6.07) is 6.34. The number of aromatic nitrogens is 3. The van der Waals surface area contributed by atoms with Gasteiger partial charge in [0.2, 0.25) is 5.91 Å². The van der Waals surface area contributed by atoms with Crippen LogP contribution in [0.3, 0.4) is 0 Å². The van der Waals surface area contributed by atoms with E-state index in [1.807, 2.05) is 13.0 Å². The molecule has 1 atom stereocenters. The lowest BCUT2D eigenvalue weighted by Gasteiger charge is -2.23. The summed E-state index contributed by atoms with van der Waals surface area (Å²) in [5.74, 6) is -0.481. The predicted octanol–water partition coefficient (Wildman–Crippen LogP) is 3.45. The molecule has 116 valence electrons. The Morgan fingerprint density at radius 1 is 1.39 bits per heavy atom. The van der Waals surface area contributed by atoms with Gasteiger partial charge in [-0.05, 0) is 30.6 Å². The predicted molar refractivity (Wildman–Crippen MR) is 85.9 cm³/mol. The first-order valence-electron chi connectivity index (χ1n) is 7.18. The van der Waals surface area contributed by atoms with Crippen molar-refractivity contribution in [2.75, 3.05) is 5.32 Å². The second-order valence-corrected chi connectivity index (χ2v) is 6.30. The summed E-state index contributed by atoms with van der Waals surface area (Å²) in [5.41, 5.74) is 4.26. The number of carbonyl (C=O) groups excluding carboxylic acids is 1. The second kappa shape index (κ2) is 5.27.